The van der Waals surface area contributed by atoms with Gasteiger partial charge in [-0.25, -0.2) is 4.98 Å². The van der Waals surface area contributed by atoms with Crippen LogP contribution >= 0.6 is 0 Å². The fourth-order valence-corrected chi connectivity index (χ4v) is 5.30. The Kier molecular flexibility index (Phi) is 5.00. The summed E-state index contributed by atoms with van der Waals surface area (Å²) in [4.78, 5) is 34.7. The van der Waals surface area contributed by atoms with E-state index in [0.717, 1.165) is 50.0 Å². The van der Waals surface area contributed by atoms with Gasteiger partial charge in [-0.05, 0) is 43.9 Å². The third kappa shape index (κ3) is 3.60. The Morgan fingerprint density at radius 2 is 1.81 bits per heavy atom. The van der Waals surface area contributed by atoms with Crippen LogP contribution < -0.4 is 0 Å². The van der Waals surface area contributed by atoms with Gasteiger partial charge in [-0.3, -0.25) is 9.59 Å². The first kappa shape index (κ1) is 19.8. The third-order valence-electron chi connectivity index (χ3n) is 7.05. The number of imidazole rings is 1. The maximum atomic E-state index is 13.4. The molecule has 1 spiro atoms. The maximum Gasteiger partial charge on any atom is 0.256 e. The van der Waals surface area contributed by atoms with E-state index in [2.05, 4.69) is 4.98 Å². The van der Waals surface area contributed by atoms with Crippen LogP contribution in [0.4, 0.5) is 0 Å². The van der Waals surface area contributed by atoms with E-state index in [0.29, 0.717) is 12.1 Å². The minimum absolute atomic E-state index is 0.00525. The van der Waals surface area contributed by atoms with Crippen LogP contribution in [-0.2, 0) is 4.79 Å². The van der Waals surface area contributed by atoms with Crippen molar-refractivity contribution in [1.29, 1.82) is 0 Å². The summed E-state index contributed by atoms with van der Waals surface area (Å²) in [5, 5.41) is 0. The summed E-state index contributed by atoms with van der Waals surface area (Å²) in [5.74, 6) is 0.111. The van der Waals surface area contributed by atoms with Crippen LogP contribution in [0, 0.1) is 5.41 Å². The second kappa shape index (κ2) is 7.84. The number of nitrogens with zero attached hydrogens (tertiary/aromatic N) is 4. The molecule has 0 radical (unpaired) electrons. The summed E-state index contributed by atoms with van der Waals surface area (Å²) < 4.78 is 1.88. The minimum atomic E-state index is -0.142. The summed E-state index contributed by atoms with van der Waals surface area (Å²) >= 11 is 0. The molecule has 31 heavy (non-hydrogen) atoms. The Morgan fingerprint density at radius 1 is 1.00 bits per heavy atom. The first-order valence-electron chi connectivity index (χ1n) is 11.1. The lowest BCUT2D eigenvalue weighted by molar-refractivity contribution is -0.131. The number of hydrogen-bond acceptors (Lipinski definition) is 3. The van der Waals surface area contributed by atoms with Crippen molar-refractivity contribution in [2.45, 2.75) is 32.1 Å². The number of carbonyl (C=O) groups is 2. The highest BCUT2D eigenvalue weighted by Gasteiger charge is 2.44. The molecule has 2 aliphatic rings. The molecule has 2 amide bonds. The number of fused-ring (bicyclic) bond motifs is 1. The number of piperidine rings is 1. The number of pyridine rings is 1. The van der Waals surface area contributed by atoms with Gasteiger partial charge in [-0.1, -0.05) is 30.3 Å². The van der Waals surface area contributed by atoms with Gasteiger partial charge in [0, 0.05) is 37.8 Å². The van der Waals surface area contributed by atoms with Gasteiger partial charge >= 0.3 is 0 Å². The molecular weight excluding hydrogens is 388 g/mol. The van der Waals surface area contributed by atoms with Crippen molar-refractivity contribution in [1.82, 2.24) is 19.2 Å². The van der Waals surface area contributed by atoms with Gasteiger partial charge in [-0.2, -0.15) is 0 Å². The molecule has 6 nitrogen and oxygen atoms in total. The van der Waals surface area contributed by atoms with Gasteiger partial charge in [0.25, 0.3) is 5.91 Å². The zero-order valence-corrected chi connectivity index (χ0v) is 17.9. The summed E-state index contributed by atoms with van der Waals surface area (Å²) in [6, 6.07) is 13.8. The van der Waals surface area contributed by atoms with Crippen molar-refractivity contribution < 1.29 is 9.59 Å². The molecule has 0 saturated carbocycles. The Hall–Kier alpha value is -3.15. The van der Waals surface area contributed by atoms with Gasteiger partial charge in [0.2, 0.25) is 5.91 Å². The number of benzene rings is 1. The highest BCUT2D eigenvalue weighted by atomic mass is 16.2. The highest BCUT2D eigenvalue weighted by molar-refractivity contribution is 6.00. The van der Waals surface area contributed by atoms with Crippen molar-refractivity contribution in [3.63, 3.8) is 0 Å². The molecule has 2 aromatic heterocycles. The predicted molar refractivity (Wildman–Crippen MR) is 119 cm³/mol. The monoisotopic (exact) mass is 416 g/mol. The highest BCUT2D eigenvalue weighted by Crippen LogP contribution is 2.40. The molecule has 2 atom stereocenters. The summed E-state index contributed by atoms with van der Waals surface area (Å²) in [5.41, 5.74) is 2.60. The zero-order valence-electron chi connectivity index (χ0n) is 17.9. The lowest BCUT2D eigenvalue weighted by atomic mass is 9.79. The molecule has 3 aromatic rings. The second-order valence-corrected chi connectivity index (χ2v) is 9.08. The van der Waals surface area contributed by atoms with Crippen molar-refractivity contribution in [2.75, 3.05) is 26.2 Å². The Bertz CT molecular complexity index is 1110. The normalized spacial score (nSPS) is 22.2. The van der Waals surface area contributed by atoms with Crippen LogP contribution in [0.5, 0.6) is 0 Å². The molecule has 6 heteroatoms. The van der Waals surface area contributed by atoms with Gasteiger partial charge in [0.05, 0.1) is 29.5 Å². The fraction of sp³-hybridized carbons (Fsp3) is 0.400. The van der Waals surface area contributed by atoms with Crippen molar-refractivity contribution in [2.24, 2.45) is 5.41 Å². The molecule has 5 rings (SSSR count). The SMILES string of the molecule is C[C@@H](C(=O)N1CCC2(CCCN(C(=O)c3cccn4cncc34)C2)C1)c1ccccc1. The van der Waals surface area contributed by atoms with E-state index in [9.17, 15) is 9.59 Å². The quantitative estimate of drug-likeness (QED) is 0.656. The maximum absolute atomic E-state index is 13.4. The molecule has 2 saturated heterocycles. The van der Waals surface area contributed by atoms with Crippen molar-refractivity contribution in [3.8, 4) is 0 Å². The van der Waals surface area contributed by atoms with E-state index in [1.807, 2.05) is 69.8 Å². The van der Waals surface area contributed by atoms with Gasteiger partial charge in [-0.15, -0.1) is 0 Å². The standard InChI is InChI=1S/C25H28N4O2/c1-19(20-7-3-2-4-8-20)23(30)28-14-11-25(17-28)10-6-13-27(16-25)24(31)21-9-5-12-29-18-26-15-22(21)29/h2-5,7-9,12,15,18-19H,6,10-11,13-14,16-17H2,1H3/t19-,25?/m1/s1. The van der Waals surface area contributed by atoms with Crippen LogP contribution in [-0.4, -0.2) is 57.2 Å². The lowest BCUT2D eigenvalue weighted by Crippen LogP contribution is -2.48. The van der Waals surface area contributed by atoms with Crippen LogP contribution in [0.1, 0.15) is 48.0 Å². The number of rotatable bonds is 3. The van der Waals surface area contributed by atoms with Crippen molar-refractivity contribution in [3.05, 3.63) is 72.3 Å². The first-order chi connectivity index (χ1) is 15.1. The largest absolute Gasteiger partial charge is 0.342 e. The van der Waals surface area contributed by atoms with Crippen LogP contribution in [0.15, 0.2) is 61.2 Å². The number of hydrogen-bond donors (Lipinski definition) is 0. The van der Waals surface area contributed by atoms with Crippen LogP contribution in [0.25, 0.3) is 5.52 Å². The molecule has 0 bridgehead atoms. The Morgan fingerprint density at radius 3 is 2.65 bits per heavy atom. The average molecular weight is 417 g/mol. The lowest BCUT2D eigenvalue weighted by Gasteiger charge is -2.40. The molecule has 0 aliphatic carbocycles. The molecule has 1 aromatic carbocycles. The minimum Gasteiger partial charge on any atom is -0.342 e. The number of amides is 2. The Labute approximate surface area is 182 Å². The average Bonchev–Trinajstić information content (AvgIpc) is 3.45. The first-order valence-corrected chi connectivity index (χ1v) is 11.1. The summed E-state index contributed by atoms with van der Waals surface area (Å²) in [6.07, 6.45) is 8.37. The third-order valence-corrected chi connectivity index (χ3v) is 7.05. The van der Waals surface area contributed by atoms with Crippen LogP contribution in [0.2, 0.25) is 0 Å². The topological polar surface area (TPSA) is 57.9 Å². The number of likely N-dealkylation sites (tertiary alicyclic amines) is 2. The smallest absolute Gasteiger partial charge is 0.256 e. The molecule has 2 fully saturated rings. The number of aromatic nitrogens is 2. The van der Waals surface area contributed by atoms with E-state index in [1.54, 1.807) is 12.5 Å². The number of carbonyl (C=O) groups excluding carboxylic acids is 2. The van der Waals surface area contributed by atoms with Gasteiger partial charge < -0.3 is 14.2 Å². The molecule has 1 unspecified atom stereocenters. The molecular formula is C25H28N4O2. The van der Waals surface area contributed by atoms with E-state index in [4.69, 9.17) is 0 Å². The summed E-state index contributed by atoms with van der Waals surface area (Å²) in [7, 11) is 0. The molecule has 0 N–H and O–H groups in total. The second-order valence-electron chi connectivity index (χ2n) is 9.08. The molecule has 4 heterocycles. The Balaban J connectivity index is 1.31. The predicted octanol–water partition coefficient (Wildman–Crippen LogP) is 3.59. The van der Waals surface area contributed by atoms with E-state index < -0.39 is 0 Å². The van der Waals surface area contributed by atoms with E-state index in [1.165, 1.54) is 0 Å². The zero-order chi connectivity index (χ0) is 21.4. The fourth-order valence-electron chi connectivity index (χ4n) is 5.30. The van der Waals surface area contributed by atoms with Crippen molar-refractivity contribution >= 4 is 17.3 Å². The molecule has 160 valence electrons. The van der Waals surface area contributed by atoms with E-state index >= 15 is 0 Å². The van der Waals surface area contributed by atoms with Gasteiger partial charge in [0.15, 0.2) is 0 Å². The van der Waals surface area contributed by atoms with Gasteiger partial charge in [0.1, 0.15) is 0 Å². The molecule has 2 aliphatic heterocycles. The summed E-state index contributed by atoms with van der Waals surface area (Å²) in [6.45, 7) is 4.99. The van der Waals surface area contributed by atoms with Crippen LogP contribution in [0.3, 0.4) is 0 Å². The van der Waals surface area contributed by atoms with E-state index in [-0.39, 0.29) is 23.1 Å².